The lowest BCUT2D eigenvalue weighted by atomic mass is 10.0. The first kappa shape index (κ1) is 25.3. The summed E-state index contributed by atoms with van der Waals surface area (Å²) >= 11 is 0. The zero-order valence-corrected chi connectivity index (χ0v) is 21.5. The van der Waals surface area contributed by atoms with Gasteiger partial charge in [0.05, 0.1) is 19.8 Å². The van der Waals surface area contributed by atoms with E-state index in [9.17, 15) is 4.79 Å². The Morgan fingerprint density at radius 3 is 2.70 bits per heavy atom. The Morgan fingerprint density at radius 1 is 1.03 bits per heavy atom. The van der Waals surface area contributed by atoms with Crippen LogP contribution in [0.4, 0.5) is 0 Å². The number of aryl methyl sites for hydroxylation is 2. The first-order chi connectivity index (χ1) is 18.0. The Hall–Kier alpha value is -3.40. The van der Waals surface area contributed by atoms with Crippen molar-refractivity contribution >= 4 is 5.91 Å². The second-order valence-electron chi connectivity index (χ2n) is 9.60. The first-order valence-electron chi connectivity index (χ1n) is 12.7. The van der Waals surface area contributed by atoms with Gasteiger partial charge in [-0.25, -0.2) is 4.98 Å². The van der Waals surface area contributed by atoms with E-state index in [1.165, 1.54) is 23.0 Å². The number of carbonyl (C=O) groups is 1. The summed E-state index contributed by atoms with van der Waals surface area (Å²) in [7, 11) is 0. The number of nitrogens with zero attached hydrogens (tertiary/aromatic N) is 3. The summed E-state index contributed by atoms with van der Waals surface area (Å²) in [4.78, 5) is 21.7. The highest BCUT2D eigenvalue weighted by Crippen LogP contribution is 2.33. The number of fused-ring (bicyclic) bond motifs is 1. The molecule has 0 aliphatic carbocycles. The van der Waals surface area contributed by atoms with Crippen LogP contribution in [-0.4, -0.2) is 66.9 Å². The van der Waals surface area contributed by atoms with Crippen LogP contribution >= 0.6 is 0 Å². The molecule has 1 amide bonds. The number of amides is 1. The molecule has 2 aromatic carbocycles. The molecule has 0 saturated carbocycles. The van der Waals surface area contributed by atoms with Crippen LogP contribution in [0.3, 0.4) is 0 Å². The molecule has 2 aliphatic heterocycles. The Balaban J connectivity index is 1.24. The summed E-state index contributed by atoms with van der Waals surface area (Å²) in [5.41, 5.74) is 5.11. The average molecular weight is 507 g/mol. The molecule has 0 atom stereocenters. The molecule has 0 radical (unpaired) electrons. The molecule has 9 nitrogen and oxygen atoms in total. The molecular weight excluding hydrogens is 472 g/mol. The van der Waals surface area contributed by atoms with Gasteiger partial charge in [0, 0.05) is 39.3 Å². The van der Waals surface area contributed by atoms with Gasteiger partial charge in [0.1, 0.15) is 6.26 Å². The lowest BCUT2D eigenvalue weighted by Gasteiger charge is -2.26. The summed E-state index contributed by atoms with van der Waals surface area (Å²) in [6, 6.07) is 12.5. The molecule has 2 aliphatic rings. The van der Waals surface area contributed by atoms with Crippen molar-refractivity contribution in [2.75, 3.05) is 46.2 Å². The predicted molar refractivity (Wildman–Crippen MR) is 138 cm³/mol. The zero-order chi connectivity index (χ0) is 25.6. The minimum absolute atomic E-state index is 0.222. The van der Waals surface area contributed by atoms with Gasteiger partial charge in [-0.05, 0) is 42.7 Å². The van der Waals surface area contributed by atoms with E-state index in [0.29, 0.717) is 37.8 Å². The van der Waals surface area contributed by atoms with Crippen molar-refractivity contribution in [3.63, 3.8) is 0 Å². The Kier molecular flexibility index (Phi) is 8.03. The Bertz CT molecular complexity index is 1220. The fourth-order valence-electron chi connectivity index (χ4n) is 4.65. The van der Waals surface area contributed by atoms with Gasteiger partial charge < -0.3 is 23.9 Å². The average Bonchev–Trinajstić information content (AvgIpc) is 3.56. The lowest BCUT2D eigenvalue weighted by molar-refractivity contribution is 0.0383. The van der Waals surface area contributed by atoms with Crippen LogP contribution < -0.4 is 14.8 Å². The van der Waals surface area contributed by atoms with E-state index in [4.69, 9.17) is 18.6 Å². The van der Waals surface area contributed by atoms with E-state index < -0.39 is 0 Å². The van der Waals surface area contributed by atoms with Crippen molar-refractivity contribution in [2.45, 2.75) is 33.5 Å². The minimum Gasteiger partial charge on any atom is -0.454 e. The minimum atomic E-state index is -0.222. The van der Waals surface area contributed by atoms with Crippen molar-refractivity contribution in [2.24, 2.45) is 0 Å². The molecule has 3 heterocycles. The van der Waals surface area contributed by atoms with Gasteiger partial charge in [0.2, 0.25) is 12.7 Å². The Morgan fingerprint density at radius 2 is 1.86 bits per heavy atom. The molecular formula is C28H34N4O5. The SMILES string of the molecule is Cc1ccc(CN(Cc2ccc3c(c2)OCO3)Cc2nc(C(=O)NCCN3CCOCC3)co2)c(C)c1. The second kappa shape index (κ2) is 11.8. The highest BCUT2D eigenvalue weighted by molar-refractivity contribution is 5.91. The largest absolute Gasteiger partial charge is 0.454 e. The van der Waals surface area contributed by atoms with E-state index in [2.05, 4.69) is 52.1 Å². The van der Waals surface area contributed by atoms with E-state index in [0.717, 1.165) is 49.9 Å². The molecule has 37 heavy (non-hydrogen) atoms. The van der Waals surface area contributed by atoms with Crippen LogP contribution in [0.5, 0.6) is 11.5 Å². The number of hydrogen-bond acceptors (Lipinski definition) is 8. The summed E-state index contributed by atoms with van der Waals surface area (Å²) in [5.74, 6) is 1.81. The molecule has 3 aromatic rings. The maximum atomic E-state index is 12.6. The van der Waals surface area contributed by atoms with Gasteiger partial charge in [-0.2, -0.15) is 0 Å². The number of nitrogens with one attached hydrogen (secondary N) is 1. The number of carbonyl (C=O) groups excluding carboxylic acids is 1. The van der Waals surface area contributed by atoms with Crippen molar-refractivity contribution in [3.05, 3.63) is 76.5 Å². The van der Waals surface area contributed by atoms with Crippen LogP contribution in [0.25, 0.3) is 0 Å². The molecule has 1 aromatic heterocycles. The topological polar surface area (TPSA) is 89.3 Å². The molecule has 196 valence electrons. The van der Waals surface area contributed by atoms with Crippen molar-refractivity contribution in [1.29, 1.82) is 0 Å². The predicted octanol–water partition coefficient (Wildman–Crippen LogP) is 3.28. The molecule has 1 N–H and O–H groups in total. The standard InChI is InChI=1S/C28H34N4O5/c1-20-3-5-23(21(2)13-20)16-32(15-22-4-6-25-26(14-22)37-19-36-25)17-27-30-24(18-35-27)28(33)29-7-8-31-9-11-34-12-10-31/h3-6,13-14,18H,7-12,15-17,19H2,1-2H3,(H,29,33). The maximum absolute atomic E-state index is 12.6. The number of hydrogen-bond donors (Lipinski definition) is 1. The van der Waals surface area contributed by atoms with Gasteiger partial charge in [-0.1, -0.05) is 29.8 Å². The summed E-state index contributed by atoms with van der Waals surface area (Å²) in [5, 5.41) is 2.95. The van der Waals surface area contributed by atoms with Gasteiger partial charge in [-0.15, -0.1) is 0 Å². The number of morpholine rings is 1. The smallest absolute Gasteiger partial charge is 0.273 e. The maximum Gasteiger partial charge on any atom is 0.273 e. The Labute approximate surface area is 217 Å². The van der Waals surface area contributed by atoms with Crippen LogP contribution in [0, 0.1) is 13.8 Å². The van der Waals surface area contributed by atoms with Crippen LogP contribution in [0.2, 0.25) is 0 Å². The lowest BCUT2D eigenvalue weighted by Crippen LogP contribution is -2.41. The van der Waals surface area contributed by atoms with E-state index in [1.54, 1.807) is 0 Å². The van der Waals surface area contributed by atoms with Crippen molar-refractivity contribution < 1.29 is 23.4 Å². The van der Waals surface area contributed by atoms with E-state index in [1.807, 2.05) is 18.2 Å². The molecule has 9 heteroatoms. The number of oxazole rings is 1. The third-order valence-electron chi connectivity index (χ3n) is 6.70. The number of aromatic nitrogens is 1. The fraction of sp³-hybridized carbons (Fsp3) is 0.429. The van der Waals surface area contributed by atoms with Crippen LogP contribution in [0.15, 0.2) is 47.1 Å². The summed E-state index contributed by atoms with van der Waals surface area (Å²) < 4.78 is 22.1. The normalized spacial score (nSPS) is 15.3. The molecule has 0 unspecified atom stereocenters. The molecule has 5 rings (SSSR count). The van der Waals surface area contributed by atoms with Gasteiger partial charge in [0.25, 0.3) is 5.91 Å². The molecule has 1 saturated heterocycles. The number of rotatable bonds is 10. The van der Waals surface area contributed by atoms with Gasteiger partial charge in [0.15, 0.2) is 17.2 Å². The third kappa shape index (κ3) is 6.68. The van der Waals surface area contributed by atoms with Crippen LogP contribution in [-0.2, 0) is 24.4 Å². The molecule has 1 fully saturated rings. The zero-order valence-electron chi connectivity index (χ0n) is 21.5. The second-order valence-corrected chi connectivity index (χ2v) is 9.60. The first-order valence-corrected chi connectivity index (χ1v) is 12.7. The van der Waals surface area contributed by atoms with Gasteiger partial charge in [-0.3, -0.25) is 14.6 Å². The van der Waals surface area contributed by atoms with Crippen LogP contribution in [0.1, 0.15) is 38.6 Å². The van der Waals surface area contributed by atoms with E-state index in [-0.39, 0.29) is 12.7 Å². The highest BCUT2D eigenvalue weighted by atomic mass is 16.7. The monoisotopic (exact) mass is 506 g/mol. The fourth-order valence-corrected chi connectivity index (χ4v) is 4.65. The third-order valence-corrected chi connectivity index (χ3v) is 6.70. The summed E-state index contributed by atoms with van der Waals surface area (Å²) in [6.07, 6.45) is 1.44. The van der Waals surface area contributed by atoms with E-state index >= 15 is 0 Å². The van der Waals surface area contributed by atoms with Crippen molar-refractivity contribution in [1.82, 2.24) is 20.1 Å². The number of benzene rings is 2. The number of ether oxygens (including phenoxy) is 3. The van der Waals surface area contributed by atoms with Gasteiger partial charge >= 0.3 is 0 Å². The quantitative estimate of drug-likeness (QED) is 0.448. The molecule has 0 spiro atoms. The molecule has 0 bridgehead atoms. The van der Waals surface area contributed by atoms with Crippen molar-refractivity contribution in [3.8, 4) is 11.5 Å². The highest BCUT2D eigenvalue weighted by Gasteiger charge is 2.19. The summed E-state index contributed by atoms with van der Waals surface area (Å²) in [6.45, 7) is 10.9.